The molecule has 3 N–H and O–H groups in total. The number of hydrogen-bond donors (Lipinski definition) is 3. The summed E-state index contributed by atoms with van der Waals surface area (Å²) >= 11 is 0. The molecule has 1 atom stereocenters. The molecule has 0 spiro atoms. The van der Waals surface area contributed by atoms with Crippen molar-refractivity contribution in [1.82, 2.24) is 10.6 Å². The number of aliphatic carboxylic acids is 1. The molecule has 0 aromatic rings. The van der Waals surface area contributed by atoms with Crippen molar-refractivity contribution in [3.63, 3.8) is 0 Å². The van der Waals surface area contributed by atoms with Gasteiger partial charge in [-0.15, -0.1) is 0 Å². The van der Waals surface area contributed by atoms with Crippen molar-refractivity contribution in [3.05, 3.63) is 0 Å². The first-order valence-electron chi connectivity index (χ1n) is 5.69. The van der Waals surface area contributed by atoms with Gasteiger partial charge in [0.05, 0.1) is 13.2 Å². The Morgan fingerprint density at radius 1 is 1.35 bits per heavy atom. The van der Waals surface area contributed by atoms with E-state index in [4.69, 9.17) is 9.84 Å². The highest BCUT2D eigenvalue weighted by molar-refractivity contribution is 5.79. The maximum Gasteiger partial charge on any atom is 0.320 e. The zero-order valence-electron chi connectivity index (χ0n) is 10.7. The molecule has 6 heteroatoms. The molecule has 0 rings (SSSR count). The number of rotatable bonds is 9. The Kier molecular flexibility index (Phi) is 8.35. The molecule has 100 valence electrons. The second-order valence-electron chi connectivity index (χ2n) is 4.24. The number of amides is 1. The molecule has 0 heterocycles. The van der Waals surface area contributed by atoms with E-state index in [1.165, 1.54) is 0 Å². The van der Waals surface area contributed by atoms with E-state index in [0.717, 1.165) is 0 Å². The lowest BCUT2D eigenvalue weighted by atomic mass is 10.0. The molecule has 6 nitrogen and oxygen atoms in total. The summed E-state index contributed by atoms with van der Waals surface area (Å²) in [5.41, 5.74) is 0. The number of carbonyl (C=O) groups excluding carboxylic acids is 1. The first kappa shape index (κ1) is 15.9. The number of hydrogen-bond acceptors (Lipinski definition) is 4. The van der Waals surface area contributed by atoms with Gasteiger partial charge in [-0.05, 0) is 12.3 Å². The van der Waals surface area contributed by atoms with Gasteiger partial charge in [-0.2, -0.15) is 0 Å². The van der Waals surface area contributed by atoms with Crippen molar-refractivity contribution in [2.24, 2.45) is 5.92 Å². The minimum Gasteiger partial charge on any atom is -0.480 e. The molecular formula is C11H22N2O4. The normalized spacial score (nSPS) is 12.5. The number of carbonyl (C=O) groups is 2. The summed E-state index contributed by atoms with van der Waals surface area (Å²) in [6, 6.07) is -0.678. The van der Waals surface area contributed by atoms with E-state index in [1.807, 2.05) is 13.8 Å². The molecule has 0 aromatic heterocycles. The summed E-state index contributed by atoms with van der Waals surface area (Å²) in [7, 11) is 1.55. The third-order valence-electron chi connectivity index (χ3n) is 2.14. The second kappa shape index (κ2) is 8.95. The predicted molar refractivity (Wildman–Crippen MR) is 63.8 cm³/mol. The topological polar surface area (TPSA) is 87.7 Å². The number of carboxylic acid groups (broad SMARTS) is 1. The van der Waals surface area contributed by atoms with Crippen LogP contribution >= 0.6 is 0 Å². The van der Waals surface area contributed by atoms with Crippen LogP contribution in [0, 0.1) is 5.92 Å². The average Bonchev–Trinajstić information content (AvgIpc) is 2.23. The van der Waals surface area contributed by atoms with Gasteiger partial charge in [0, 0.05) is 13.7 Å². The Labute approximate surface area is 102 Å². The summed E-state index contributed by atoms with van der Waals surface area (Å²) in [5, 5.41) is 14.3. The summed E-state index contributed by atoms with van der Waals surface area (Å²) in [6.07, 6.45) is 0.501. The molecule has 0 saturated heterocycles. The van der Waals surface area contributed by atoms with Crippen molar-refractivity contribution in [3.8, 4) is 0 Å². The highest BCUT2D eigenvalue weighted by Crippen LogP contribution is 2.04. The zero-order valence-corrected chi connectivity index (χ0v) is 10.7. The van der Waals surface area contributed by atoms with Gasteiger partial charge in [-0.3, -0.25) is 14.9 Å². The molecular weight excluding hydrogens is 224 g/mol. The average molecular weight is 246 g/mol. The van der Waals surface area contributed by atoms with E-state index >= 15 is 0 Å². The molecule has 0 aliphatic rings. The van der Waals surface area contributed by atoms with Gasteiger partial charge in [0.25, 0.3) is 0 Å². The lowest BCUT2D eigenvalue weighted by molar-refractivity contribution is -0.140. The monoisotopic (exact) mass is 246 g/mol. The minimum absolute atomic E-state index is 0.00734. The van der Waals surface area contributed by atoms with Gasteiger partial charge in [0.2, 0.25) is 5.91 Å². The SMILES string of the molecule is COCCNC(=O)CNC(CC(C)C)C(=O)O. The van der Waals surface area contributed by atoms with E-state index in [0.29, 0.717) is 19.6 Å². The fourth-order valence-corrected chi connectivity index (χ4v) is 1.31. The van der Waals surface area contributed by atoms with Crippen molar-refractivity contribution < 1.29 is 19.4 Å². The van der Waals surface area contributed by atoms with Gasteiger partial charge in [0.15, 0.2) is 0 Å². The van der Waals surface area contributed by atoms with Crippen molar-refractivity contribution >= 4 is 11.9 Å². The molecule has 0 aromatic carbocycles. The van der Waals surface area contributed by atoms with Gasteiger partial charge in [0.1, 0.15) is 6.04 Å². The predicted octanol–water partition coefficient (Wildman–Crippen LogP) is -0.162. The fourth-order valence-electron chi connectivity index (χ4n) is 1.31. The van der Waals surface area contributed by atoms with Crippen LogP contribution in [0.15, 0.2) is 0 Å². The largest absolute Gasteiger partial charge is 0.480 e. The second-order valence-corrected chi connectivity index (χ2v) is 4.24. The molecule has 17 heavy (non-hydrogen) atoms. The van der Waals surface area contributed by atoms with Crippen LogP contribution in [-0.4, -0.2) is 49.8 Å². The van der Waals surface area contributed by atoms with Crippen LogP contribution in [0.1, 0.15) is 20.3 Å². The third-order valence-corrected chi connectivity index (χ3v) is 2.14. The van der Waals surface area contributed by atoms with Crippen LogP contribution in [-0.2, 0) is 14.3 Å². The lowest BCUT2D eigenvalue weighted by Gasteiger charge is -2.16. The van der Waals surface area contributed by atoms with E-state index in [-0.39, 0.29) is 18.4 Å². The fraction of sp³-hybridized carbons (Fsp3) is 0.818. The number of carboxylic acids is 1. The zero-order chi connectivity index (χ0) is 13.3. The number of methoxy groups -OCH3 is 1. The van der Waals surface area contributed by atoms with Crippen LogP contribution in [0.4, 0.5) is 0 Å². The number of nitrogens with one attached hydrogen (secondary N) is 2. The van der Waals surface area contributed by atoms with Gasteiger partial charge >= 0.3 is 5.97 Å². The summed E-state index contributed by atoms with van der Waals surface area (Å²) in [4.78, 5) is 22.2. The Morgan fingerprint density at radius 3 is 2.47 bits per heavy atom. The van der Waals surface area contributed by atoms with Crippen molar-refractivity contribution in [2.45, 2.75) is 26.3 Å². The highest BCUT2D eigenvalue weighted by Gasteiger charge is 2.18. The summed E-state index contributed by atoms with van der Waals surface area (Å²) in [5.74, 6) is -0.888. The van der Waals surface area contributed by atoms with E-state index in [2.05, 4.69) is 10.6 Å². The third kappa shape index (κ3) is 8.65. The Morgan fingerprint density at radius 2 is 2.00 bits per heavy atom. The van der Waals surface area contributed by atoms with Gasteiger partial charge in [-0.1, -0.05) is 13.8 Å². The first-order chi connectivity index (χ1) is 7.97. The molecule has 0 bridgehead atoms. The molecule has 0 radical (unpaired) electrons. The van der Waals surface area contributed by atoms with Crippen molar-refractivity contribution in [2.75, 3.05) is 26.8 Å². The van der Waals surface area contributed by atoms with E-state index < -0.39 is 12.0 Å². The summed E-state index contributed by atoms with van der Waals surface area (Å²) < 4.78 is 4.78. The first-order valence-corrected chi connectivity index (χ1v) is 5.69. The van der Waals surface area contributed by atoms with Gasteiger partial charge < -0.3 is 15.2 Å². The smallest absolute Gasteiger partial charge is 0.320 e. The number of ether oxygens (including phenoxy) is 1. The molecule has 0 saturated carbocycles. The standard InChI is InChI=1S/C11H22N2O4/c1-8(2)6-9(11(15)16)13-7-10(14)12-4-5-17-3/h8-9,13H,4-7H2,1-3H3,(H,12,14)(H,15,16). The van der Waals surface area contributed by atoms with Crippen LogP contribution in [0.3, 0.4) is 0 Å². The van der Waals surface area contributed by atoms with Crippen LogP contribution in [0.2, 0.25) is 0 Å². The molecule has 0 fully saturated rings. The molecule has 0 aliphatic carbocycles. The Hall–Kier alpha value is -1.14. The summed E-state index contributed by atoms with van der Waals surface area (Å²) in [6.45, 7) is 4.76. The molecule has 1 unspecified atom stereocenters. The Bertz CT molecular complexity index is 244. The maximum atomic E-state index is 11.3. The molecule has 1 amide bonds. The van der Waals surface area contributed by atoms with E-state index in [1.54, 1.807) is 7.11 Å². The quantitative estimate of drug-likeness (QED) is 0.492. The maximum absolute atomic E-state index is 11.3. The Balaban J connectivity index is 3.87. The van der Waals surface area contributed by atoms with Crippen LogP contribution < -0.4 is 10.6 Å². The minimum atomic E-state index is -0.927. The van der Waals surface area contributed by atoms with Crippen LogP contribution in [0.5, 0.6) is 0 Å². The van der Waals surface area contributed by atoms with E-state index in [9.17, 15) is 9.59 Å². The van der Waals surface area contributed by atoms with Gasteiger partial charge in [-0.25, -0.2) is 0 Å². The highest BCUT2D eigenvalue weighted by atomic mass is 16.5. The molecule has 0 aliphatic heterocycles. The van der Waals surface area contributed by atoms with Crippen molar-refractivity contribution in [1.29, 1.82) is 0 Å². The van der Waals surface area contributed by atoms with Crippen LogP contribution in [0.25, 0.3) is 0 Å². The lowest BCUT2D eigenvalue weighted by Crippen LogP contribution is -2.44.